The molecule has 0 N–H and O–H groups in total. The molecule has 7 aliphatic rings. The summed E-state index contributed by atoms with van der Waals surface area (Å²) in [6.45, 7) is 9.33. The molecule has 134 valence electrons. The van der Waals surface area contributed by atoms with E-state index in [2.05, 4.69) is 26.6 Å². The van der Waals surface area contributed by atoms with Gasteiger partial charge in [0, 0.05) is 12.0 Å². The number of piperidine rings is 2. The number of hydrogen-bond acceptors (Lipinski definition) is 5. The summed E-state index contributed by atoms with van der Waals surface area (Å²) in [6.07, 6.45) is 1.57. The van der Waals surface area contributed by atoms with E-state index in [-0.39, 0.29) is 29.4 Å². The standard InChI is InChI=1S/C17H27NO5Si/c1-15-8-11-10-7-16(15,23-24(4,5)6)12(17(11,15)13(19)21-2)18(9-10)14(20)22-3/h10-12H,7-9H2,1-6H3/t10-,11+,12-,15+,16+,17-/m1/s1. The molecule has 7 fully saturated rings. The van der Waals surface area contributed by atoms with Gasteiger partial charge in [0.1, 0.15) is 5.41 Å². The Morgan fingerprint density at radius 2 is 1.79 bits per heavy atom. The van der Waals surface area contributed by atoms with Crippen molar-refractivity contribution >= 4 is 20.4 Å². The van der Waals surface area contributed by atoms with Crippen LogP contribution in [0.4, 0.5) is 4.79 Å². The summed E-state index contributed by atoms with van der Waals surface area (Å²) in [5.41, 5.74) is -1.29. The highest BCUT2D eigenvalue weighted by molar-refractivity contribution is 6.69. The van der Waals surface area contributed by atoms with E-state index in [1.807, 2.05) is 0 Å². The van der Waals surface area contributed by atoms with E-state index in [9.17, 15) is 9.59 Å². The van der Waals surface area contributed by atoms with E-state index in [1.54, 1.807) is 4.90 Å². The highest BCUT2D eigenvalue weighted by Crippen LogP contribution is 2.87. The van der Waals surface area contributed by atoms with Gasteiger partial charge in [-0.3, -0.25) is 4.79 Å². The third-order valence-corrected chi connectivity index (χ3v) is 8.21. The van der Waals surface area contributed by atoms with Crippen molar-refractivity contribution in [3.8, 4) is 0 Å². The first-order chi connectivity index (χ1) is 11.1. The van der Waals surface area contributed by atoms with Crippen molar-refractivity contribution in [3.05, 3.63) is 0 Å². The summed E-state index contributed by atoms with van der Waals surface area (Å²) in [4.78, 5) is 27.1. The monoisotopic (exact) mass is 353 g/mol. The van der Waals surface area contributed by atoms with Gasteiger partial charge in [-0.2, -0.15) is 0 Å². The van der Waals surface area contributed by atoms with Gasteiger partial charge in [-0.25, -0.2) is 4.79 Å². The zero-order valence-electron chi connectivity index (χ0n) is 15.3. The Bertz CT molecular complexity index is 633. The maximum atomic E-state index is 12.9. The van der Waals surface area contributed by atoms with Crippen molar-refractivity contribution < 1.29 is 23.5 Å². The average molecular weight is 353 g/mol. The number of hydrogen-bond donors (Lipinski definition) is 0. The number of fused-ring (bicyclic) bond motifs is 1. The molecule has 0 spiro atoms. The molecule has 7 rings (SSSR count). The fourth-order valence-electron chi connectivity index (χ4n) is 6.83. The largest absolute Gasteiger partial charge is 0.469 e. The molecule has 1 amide bonds. The first-order valence-electron chi connectivity index (χ1n) is 8.72. The van der Waals surface area contributed by atoms with Gasteiger partial charge in [0.25, 0.3) is 0 Å². The molecule has 6 bridgehead atoms. The van der Waals surface area contributed by atoms with Crippen LogP contribution in [0, 0.1) is 22.7 Å². The predicted octanol–water partition coefficient (Wildman–Crippen LogP) is 2.25. The van der Waals surface area contributed by atoms with Crippen molar-refractivity contribution in [3.63, 3.8) is 0 Å². The third kappa shape index (κ3) is 1.40. The second kappa shape index (κ2) is 4.36. The smallest absolute Gasteiger partial charge is 0.409 e. The molecule has 5 aliphatic carbocycles. The minimum Gasteiger partial charge on any atom is -0.469 e. The molecular formula is C17H27NO5Si. The molecule has 2 aliphatic heterocycles. The Morgan fingerprint density at radius 1 is 1.12 bits per heavy atom. The first-order valence-corrected chi connectivity index (χ1v) is 12.1. The van der Waals surface area contributed by atoms with Gasteiger partial charge in [-0.15, -0.1) is 0 Å². The van der Waals surface area contributed by atoms with Crippen molar-refractivity contribution in [2.75, 3.05) is 20.8 Å². The van der Waals surface area contributed by atoms with Crippen LogP contribution in [0.25, 0.3) is 0 Å². The maximum absolute atomic E-state index is 12.9. The number of rotatable bonds is 3. The molecule has 2 heterocycles. The molecule has 2 saturated heterocycles. The molecule has 0 unspecified atom stereocenters. The normalized spacial score (nSPS) is 47.6. The number of ether oxygens (including phenoxy) is 2. The minimum atomic E-state index is -1.86. The Morgan fingerprint density at radius 3 is 2.33 bits per heavy atom. The summed E-state index contributed by atoms with van der Waals surface area (Å²) in [5, 5.41) is 0. The fraction of sp³-hybridized carbons (Fsp3) is 0.882. The average Bonchev–Trinajstić information content (AvgIpc) is 2.50. The molecule has 24 heavy (non-hydrogen) atoms. The van der Waals surface area contributed by atoms with Gasteiger partial charge >= 0.3 is 12.1 Å². The molecule has 6 nitrogen and oxygen atoms in total. The molecular weight excluding hydrogens is 326 g/mol. The topological polar surface area (TPSA) is 65.1 Å². The lowest BCUT2D eigenvalue weighted by molar-refractivity contribution is -0.435. The van der Waals surface area contributed by atoms with Gasteiger partial charge in [-0.05, 0) is 44.3 Å². The summed E-state index contributed by atoms with van der Waals surface area (Å²) in [7, 11) is 0.983. The highest BCUT2D eigenvalue weighted by atomic mass is 28.4. The van der Waals surface area contributed by atoms with Crippen LogP contribution < -0.4 is 0 Å². The number of esters is 1. The second-order valence-corrected chi connectivity index (χ2v) is 13.5. The maximum Gasteiger partial charge on any atom is 0.409 e. The van der Waals surface area contributed by atoms with E-state index >= 15 is 0 Å². The zero-order chi connectivity index (χ0) is 17.7. The van der Waals surface area contributed by atoms with Gasteiger partial charge in [0.05, 0.1) is 25.9 Å². The Balaban J connectivity index is 1.85. The number of nitrogens with zero attached hydrogens (tertiary/aromatic N) is 1. The predicted molar refractivity (Wildman–Crippen MR) is 88.8 cm³/mol. The number of methoxy groups -OCH3 is 2. The summed E-state index contributed by atoms with van der Waals surface area (Å²) < 4.78 is 17.0. The van der Waals surface area contributed by atoms with Crippen LogP contribution in [0.5, 0.6) is 0 Å². The molecule has 6 atom stereocenters. The minimum absolute atomic E-state index is 0.181. The van der Waals surface area contributed by atoms with Crippen LogP contribution in [0.15, 0.2) is 0 Å². The molecule has 7 heteroatoms. The van der Waals surface area contributed by atoms with Gasteiger partial charge in [0.2, 0.25) is 0 Å². The van der Waals surface area contributed by atoms with Crippen molar-refractivity contribution in [1.82, 2.24) is 4.90 Å². The van der Waals surface area contributed by atoms with Crippen molar-refractivity contribution in [2.24, 2.45) is 22.7 Å². The second-order valence-electron chi connectivity index (χ2n) is 9.10. The quantitative estimate of drug-likeness (QED) is 0.575. The van der Waals surface area contributed by atoms with E-state index < -0.39 is 19.3 Å². The highest BCUT2D eigenvalue weighted by Gasteiger charge is 2.96. The molecule has 0 radical (unpaired) electrons. The first kappa shape index (κ1) is 16.4. The van der Waals surface area contributed by atoms with Crippen molar-refractivity contribution in [1.29, 1.82) is 0 Å². The van der Waals surface area contributed by atoms with Gasteiger partial charge in [-0.1, -0.05) is 6.92 Å². The van der Waals surface area contributed by atoms with Crippen LogP contribution in [0.1, 0.15) is 19.8 Å². The van der Waals surface area contributed by atoms with Gasteiger partial charge < -0.3 is 18.8 Å². The van der Waals surface area contributed by atoms with E-state index in [4.69, 9.17) is 13.9 Å². The Hall–Kier alpha value is -1.08. The van der Waals surface area contributed by atoms with Gasteiger partial charge in [0.15, 0.2) is 8.32 Å². The molecule has 0 aromatic carbocycles. The lowest BCUT2D eigenvalue weighted by Crippen LogP contribution is -3.00. The van der Waals surface area contributed by atoms with Crippen LogP contribution >= 0.6 is 0 Å². The Labute approximate surface area is 143 Å². The van der Waals surface area contributed by atoms with Crippen molar-refractivity contribution in [2.45, 2.75) is 51.0 Å². The molecule has 0 aromatic rings. The third-order valence-electron chi connectivity index (χ3n) is 7.23. The summed E-state index contributed by atoms with van der Waals surface area (Å²) >= 11 is 0. The van der Waals surface area contributed by atoms with E-state index in [0.717, 1.165) is 12.8 Å². The summed E-state index contributed by atoms with van der Waals surface area (Å²) in [6, 6.07) is -0.259. The van der Waals surface area contributed by atoms with Crippen LogP contribution in [-0.4, -0.2) is 57.7 Å². The van der Waals surface area contributed by atoms with Crippen LogP contribution in [0.2, 0.25) is 19.6 Å². The van der Waals surface area contributed by atoms with E-state index in [0.29, 0.717) is 12.5 Å². The Kier molecular flexibility index (Phi) is 2.97. The zero-order valence-corrected chi connectivity index (χ0v) is 16.3. The number of amides is 1. The summed E-state index contributed by atoms with van der Waals surface area (Å²) in [5.74, 6) is 0.402. The SMILES string of the molecule is COC(=O)N1C[C@H]2C[C@]3(O[Si](C)(C)C)[C@@H]1[C@@]1(C(=O)OC)[C@H]2C[C@]13C. The fourth-order valence-corrected chi connectivity index (χ4v) is 8.35. The van der Waals surface area contributed by atoms with E-state index in [1.165, 1.54) is 14.2 Å². The van der Waals surface area contributed by atoms with Crippen LogP contribution in [-0.2, 0) is 18.7 Å². The lowest BCUT2D eigenvalue weighted by atomic mass is 9.18. The number of carbonyl (C=O) groups excluding carboxylic acids is 2. The molecule has 5 saturated carbocycles. The van der Waals surface area contributed by atoms with Crippen LogP contribution in [0.3, 0.4) is 0 Å². The molecule has 0 aromatic heterocycles. The number of carbonyl (C=O) groups is 2. The lowest BCUT2D eigenvalue weighted by Gasteiger charge is -2.90.